The molecule has 0 spiro atoms. The third-order valence-electron chi connectivity index (χ3n) is 2.42. The van der Waals surface area contributed by atoms with Crippen molar-refractivity contribution >= 4 is 11.7 Å². The average molecular weight is 198 g/mol. The molecular formula is C10H11LiN2O2. The Labute approximate surface area is 100 Å². The van der Waals surface area contributed by atoms with Crippen LogP contribution in [-0.2, 0) is 4.79 Å². The smallest absolute Gasteiger partial charge is 0.550 e. The number of hydrogen-bond acceptors (Lipinski definition) is 4. The van der Waals surface area contributed by atoms with Crippen LogP contribution in [0.2, 0.25) is 0 Å². The fourth-order valence-corrected chi connectivity index (χ4v) is 1.69. The standard InChI is InChI=1S/C10H12N2O2.Li/c13-10(14)4-8-6-12(7-8)9-2-1-3-11-5-9;/h1-3,5,8H,4,6-7H2,(H,13,14);/q;+1/p-1. The molecule has 0 aromatic carbocycles. The Hall–Kier alpha value is -0.983. The van der Waals surface area contributed by atoms with Gasteiger partial charge in [-0.15, -0.1) is 0 Å². The third kappa shape index (κ3) is 2.98. The van der Waals surface area contributed by atoms with E-state index in [0.29, 0.717) is 0 Å². The van der Waals surface area contributed by atoms with Gasteiger partial charge in [0.1, 0.15) is 0 Å². The second-order valence-electron chi connectivity index (χ2n) is 3.56. The molecule has 1 aromatic heterocycles. The Morgan fingerprint density at radius 3 is 2.87 bits per heavy atom. The van der Waals surface area contributed by atoms with Gasteiger partial charge in [-0.1, -0.05) is 0 Å². The molecule has 2 heterocycles. The van der Waals surface area contributed by atoms with E-state index in [9.17, 15) is 9.90 Å². The fourth-order valence-electron chi connectivity index (χ4n) is 1.69. The molecule has 15 heavy (non-hydrogen) atoms. The summed E-state index contributed by atoms with van der Waals surface area (Å²) in [5.41, 5.74) is 1.06. The van der Waals surface area contributed by atoms with E-state index in [0.717, 1.165) is 18.8 Å². The molecule has 0 atom stereocenters. The number of rotatable bonds is 3. The molecule has 1 fully saturated rings. The Balaban J connectivity index is 0.00000112. The van der Waals surface area contributed by atoms with Gasteiger partial charge < -0.3 is 14.8 Å². The summed E-state index contributed by atoms with van der Waals surface area (Å²) < 4.78 is 0. The quantitative estimate of drug-likeness (QED) is 0.476. The van der Waals surface area contributed by atoms with Crippen LogP contribution in [0.15, 0.2) is 24.5 Å². The maximum absolute atomic E-state index is 10.3. The normalized spacial score (nSPS) is 15.3. The van der Waals surface area contributed by atoms with Crippen molar-refractivity contribution in [2.45, 2.75) is 6.42 Å². The molecule has 2 rings (SSSR count). The predicted molar refractivity (Wildman–Crippen MR) is 49.6 cm³/mol. The van der Waals surface area contributed by atoms with Gasteiger partial charge in [-0.3, -0.25) is 4.98 Å². The monoisotopic (exact) mass is 198 g/mol. The fraction of sp³-hybridized carbons (Fsp3) is 0.400. The molecule has 74 valence electrons. The van der Waals surface area contributed by atoms with Crippen molar-refractivity contribution in [2.75, 3.05) is 18.0 Å². The molecule has 0 N–H and O–H groups in total. The molecule has 1 aliphatic rings. The molecule has 0 amide bonds. The first-order valence-corrected chi connectivity index (χ1v) is 4.60. The second-order valence-corrected chi connectivity index (χ2v) is 3.56. The molecule has 0 saturated carbocycles. The van der Waals surface area contributed by atoms with Crippen LogP contribution in [0.1, 0.15) is 6.42 Å². The first kappa shape index (κ1) is 12.1. The van der Waals surface area contributed by atoms with E-state index in [2.05, 4.69) is 9.88 Å². The third-order valence-corrected chi connectivity index (χ3v) is 2.42. The van der Waals surface area contributed by atoms with Crippen LogP contribution in [0, 0.1) is 5.92 Å². The Bertz CT molecular complexity index is 325. The maximum Gasteiger partial charge on any atom is 1.00 e. The minimum absolute atomic E-state index is 0. The Kier molecular flexibility index (Phi) is 4.19. The van der Waals surface area contributed by atoms with Gasteiger partial charge in [-0.25, -0.2) is 0 Å². The summed E-state index contributed by atoms with van der Waals surface area (Å²) in [5, 5.41) is 10.3. The minimum atomic E-state index is -0.958. The van der Waals surface area contributed by atoms with Crippen molar-refractivity contribution in [3.05, 3.63) is 24.5 Å². The van der Waals surface area contributed by atoms with Gasteiger partial charge in [0.2, 0.25) is 0 Å². The van der Waals surface area contributed by atoms with Crippen molar-refractivity contribution in [1.82, 2.24) is 4.98 Å². The number of carboxylic acid groups (broad SMARTS) is 1. The van der Waals surface area contributed by atoms with Crippen LogP contribution < -0.4 is 28.9 Å². The van der Waals surface area contributed by atoms with Crippen molar-refractivity contribution in [1.29, 1.82) is 0 Å². The number of hydrogen-bond donors (Lipinski definition) is 0. The maximum atomic E-state index is 10.3. The summed E-state index contributed by atoms with van der Waals surface area (Å²) in [5.74, 6) is -0.721. The van der Waals surface area contributed by atoms with E-state index in [1.807, 2.05) is 12.1 Å². The largest absolute Gasteiger partial charge is 1.00 e. The van der Waals surface area contributed by atoms with Crippen LogP contribution in [-0.4, -0.2) is 24.0 Å². The van der Waals surface area contributed by atoms with Crippen molar-refractivity contribution in [3.63, 3.8) is 0 Å². The van der Waals surface area contributed by atoms with E-state index < -0.39 is 5.97 Å². The zero-order valence-corrected chi connectivity index (χ0v) is 8.72. The minimum Gasteiger partial charge on any atom is -0.550 e. The van der Waals surface area contributed by atoms with Crippen LogP contribution in [0.25, 0.3) is 0 Å². The molecule has 1 aliphatic heterocycles. The van der Waals surface area contributed by atoms with Gasteiger partial charge in [-0.2, -0.15) is 0 Å². The van der Waals surface area contributed by atoms with Gasteiger partial charge in [0.25, 0.3) is 0 Å². The van der Waals surface area contributed by atoms with Crippen LogP contribution in [0.3, 0.4) is 0 Å². The van der Waals surface area contributed by atoms with Crippen LogP contribution in [0.4, 0.5) is 5.69 Å². The topological polar surface area (TPSA) is 56.3 Å². The van der Waals surface area contributed by atoms with Gasteiger partial charge >= 0.3 is 18.9 Å². The van der Waals surface area contributed by atoms with E-state index >= 15 is 0 Å². The SMILES string of the molecule is O=C([O-])CC1CN(c2cccnc2)C1.[Li+]. The first-order chi connectivity index (χ1) is 6.75. The number of pyridine rings is 1. The summed E-state index contributed by atoms with van der Waals surface area (Å²) in [6.07, 6.45) is 3.67. The Morgan fingerprint density at radius 2 is 2.33 bits per heavy atom. The van der Waals surface area contributed by atoms with Gasteiger partial charge in [0.15, 0.2) is 0 Å². The predicted octanol–water partition coefficient (Wildman–Crippen LogP) is -3.34. The van der Waals surface area contributed by atoms with Crippen molar-refractivity contribution < 1.29 is 28.8 Å². The van der Waals surface area contributed by atoms with Crippen LogP contribution in [0.5, 0.6) is 0 Å². The summed E-state index contributed by atoms with van der Waals surface area (Å²) >= 11 is 0. The average Bonchev–Trinajstić information content (AvgIpc) is 2.12. The second kappa shape index (κ2) is 5.20. The van der Waals surface area contributed by atoms with E-state index in [4.69, 9.17) is 0 Å². The summed E-state index contributed by atoms with van der Waals surface area (Å²) in [4.78, 5) is 16.4. The zero-order valence-electron chi connectivity index (χ0n) is 8.72. The van der Waals surface area contributed by atoms with Crippen LogP contribution >= 0.6 is 0 Å². The summed E-state index contributed by atoms with van der Waals surface area (Å²) in [6.45, 7) is 1.58. The first-order valence-electron chi connectivity index (χ1n) is 4.60. The van der Waals surface area contributed by atoms with Gasteiger partial charge in [-0.05, 0) is 24.5 Å². The molecular weight excluding hydrogens is 187 g/mol. The number of carbonyl (C=O) groups excluding carboxylic acids is 1. The van der Waals surface area contributed by atoms with Gasteiger partial charge in [0.05, 0.1) is 11.9 Å². The zero-order chi connectivity index (χ0) is 9.97. The molecule has 0 unspecified atom stereocenters. The molecule has 5 heteroatoms. The number of carbonyl (C=O) groups is 1. The molecule has 0 aliphatic carbocycles. The molecule has 0 radical (unpaired) electrons. The number of nitrogens with zero attached hydrogens (tertiary/aromatic N) is 2. The van der Waals surface area contributed by atoms with E-state index in [1.54, 1.807) is 12.4 Å². The summed E-state index contributed by atoms with van der Waals surface area (Å²) in [6, 6.07) is 3.85. The van der Waals surface area contributed by atoms with Crippen molar-refractivity contribution in [3.8, 4) is 0 Å². The van der Waals surface area contributed by atoms with Gasteiger partial charge in [0, 0.05) is 25.3 Å². The summed E-state index contributed by atoms with van der Waals surface area (Å²) in [7, 11) is 0. The molecule has 1 aromatic rings. The Morgan fingerprint density at radius 1 is 1.60 bits per heavy atom. The van der Waals surface area contributed by atoms with E-state index in [1.165, 1.54) is 0 Å². The number of aromatic nitrogens is 1. The molecule has 1 saturated heterocycles. The number of aliphatic carboxylic acids is 1. The van der Waals surface area contributed by atoms with Crippen molar-refractivity contribution in [2.24, 2.45) is 5.92 Å². The number of carboxylic acids is 1. The number of anilines is 1. The molecule has 4 nitrogen and oxygen atoms in total. The van der Waals surface area contributed by atoms with E-state index in [-0.39, 0.29) is 31.2 Å². The molecule has 0 bridgehead atoms.